The molecule has 0 aromatic heterocycles. The molecule has 3 N–H and O–H groups in total. The van der Waals surface area contributed by atoms with Crippen molar-refractivity contribution in [1.29, 1.82) is 5.26 Å². The lowest BCUT2D eigenvalue weighted by Gasteiger charge is -2.08. The number of hydrogen-bond acceptors (Lipinski definition) is 3. The largest absolute Gasteiger partial charge is 0.465 e. The highest BCUT2D eigenvalue weighted by Gasteiger charge is 2.07. The predicted octanol–water partition coefficient (Wildman–Crippen LogP) is -0.471. The molecule has 0 aliphatic carbocycles. The maximum atomic E-state index is 9.91. The van der Waals surface area contributed by atoms with E-state index in [1.165, 1.54) is 0 Å². The highest BCUT2D eigenvalue weighted by molar-refractivity contribution is 5.64. The normalized spacial score (nSPS) is 11.6. The molecule has 1 atom stereocenters. The van der Waals surface area contributed by atoms with Crippen molar-refractivity contribution in [3.8, 4) is 6.07 Å². The molecule has 0 radical (unpaired) electrons. The van der Waals surface area contributed by atoms with Crippen LogP contribution >= 0.6 is 0 Å². The van der Waals surface area contributed by atoms with Gasteiger partial charge in [0, 0.05) is 0 Å². The van der Waals surface area contributed by atoms with E-state index in [-0.39, 0.29) is 13.0 Å². The molecule has 0 aromatic carbocycles. The summed E-state index contributed by atoms with van der Waals surface area (Å²) < 4.78 is 0. The van der Waals surface area contributed by atoms with Crippen LogP contribution in [0, 0.1) is 11.3 Å². The number of aliphatic hydroxyl groups excluding tert-OH is 1. The highest BCUT2D eigenvalue weighted by atomic mass is 16.4. The van der Waals surface area contributed by atoms with E-state index in [1.54, 1.807) is 6.07 Å². The second kappa shape index (κ2) is 4.58. The van der Waals surface area contributed by atoms with Crippen molar-refractivity contribution in [1.82, 2.24) is 5.32 Å². The Hall–Kier alpha value is -1.28. The van der Waals surface area contributed by atoms with Crippen LogP contribution in [0.3, 0.4) is 0 Å². The summed E-state index contributed by atoms with van der Waals surface area (Å²) >= 11 is 0. The summed E-state index contributed by atoms with van der Waals surface area (Å²) in [4.78, 5) is 9.91. The van der Waals surface area contributed by atoms with Crippen LogP contribution < -0.4 is 5.32 Å². The Morgan fingerprint density at radius 3 is 2.70 bits per heavy atom. The van der Waals surface area contributed by atoms with Crippen molar-refractivity contribution in [3.05, 3.63) is 0 Å². The minimum Gasteiger partial charge on any atom is -0.465 e. The SMILES string of the molecule is N#CCC(CO)NC(=O)O. The molecule has 0 saturated carbocycles. The molecular formula is C5H8N2O3. The minimum absolute atomic E-state index is 0.0111. The van der Waals surface area contributed by atoms with Crippen molar-refractivity contribution in [2.24, 2.45) is 0 Å². The number of carboxylic acid groups (broad SMARTS) is 1. The van der Waals surface area contributed by atoms with Crippen LogP contribution in [-0.4, -0.2) is 29.0 Å². The van der Waals surface area contributed by atoms with Gasteiger partial charge in [0.05, 0.1) is 25.1 Å². The molecule has 0 aliphatic heterocycles. The summed E-state index contributed by atoms with van der Waals surface area (Å²) in [6, 6.07) is 1.07. The molecule has 0 aromatic rings. The van der Waals surface area contributed by atoms with Crippen molar-refractivity contribution in [2.45, 2.75) is 12.5 Å². The van der Waals surface area contributed by atoms with E-state index in [9.17, 15) is 4.79 Å². The molecule has 0 rings (SSSR count). The summed E-state index contributed by atoms with van der Waals surface area (Å²) in [6.07, 6.45) is -1.24. The summed E-state index contributed by atoms with van der Waals surface area (Å²) in [5, 5.41) is 26.6. The average Bonchev–Trinajstić information content (AvgIpc) is 1.86. The number of rotatable bonds is 3. The fourth-order valence-corrected chi connectivity index (χ4v) is 0.446. The minimum atomic E-state index is -1.23. The number of hydrogen-bond donors (Lipinski definition) is 3. The second-order valence-corrected chi connectivity index (χ2v) is 1.69. The fraction of sp³-hybridized carbons (Fsp3) is 0.600. The van der Waals surface area contributed by atoms with E-state index in [0.717, 1.165) is 0 Å². The van der Waals surface area contributed by atoms with Crippen LogP contribution in [0.2, 0.25) is 0 Å². The molecule has 56 valence electrons. The van der Waals surface area contributed by atoms with Crippen LogP contribution in [0.4, 0.5) is 4.79 Å². The Balaban J connectivity index is 3.62. The molecule has 0 aliphatic rings. The van der Waals surface area contributed by atoms with Crippen molar-refractivity contribution in [3.63, 3.8) is 0 Å². The lowest BCUT2D eigenvalue weighted by molar-refractivity contribution is 0.178. The zero-order valence-electron chi connectivity index (χ0n) is 5.24. The lowest BCUT2D eigenvalue weighted by Crippen LogP contribution is -2.35. The molecule has 0 bridgehead atoms. The number of aliphatic hydroxyl groups is 1. The number of nitrogens with one attached hydrogen (secondary N) is 1. The lowest BCUT2D eigenvalue weighted by atomic mass is 10.2. The van der Waals surface area contributed by atoms with Gasteiger partial charge in [-0.1, -0.05) is 0 Å². The Labute approximate surface area is 57.9 Å². The number of nitrogens with zero attached hydrogens (tertiary/aromatic N) is 1. The fourth-order valence-electron chi connectivity index (χ4n) is 0.446. The summed E-state index contributed by atoms with van der Waals surface area (Å²) in [5.41, 5.74) is 0. The van der Waals surface area contributed by atoms with Gasteiger partial charge in [0.2, 0.25) is 0 Å². The summed E-state index contributed by atoms with van der Waals surface area (Å²) in [6.45, 7) is -0.347. The van der Waals surface area contributed by atoms with Crippen LogP contribution in [0.5, 0.6) is 0 Å². The molecule has 0 heterocycles. The van der Waals surface area contributed by atoms with E-state index >= 15 is 0 Å². The number of carbonyl (C=O) groups is 1. The van der Waals surface area contributed by atoms with Crippen LogP contribution in [-0.2, 0) is 0 Å². The highest BCUT2D eigenvalue weighted by Crippen LogP contribution is 1.87. The van der Waals surface area contributed by atoms with Gasteiger partial charge >= 0.3 is 6.09 Å². The summed E-state index contributed by atoms with van der Waals surface area (Å²) in [7, 11) is 0. The molecule has 0 saturated heterocycles. The molecule has 1 amide bonds. The first-order valence-electron chi connectivity index (χ1n) is 2.68. The second-order valence-electron chi connectivity index (χ2n) is 1.69. The average molecular weight is 144 g/mol. The number of amides is 1. The monoisotopic (exact) mass is 144 g/mol. The zero-order valence-corrected chi connectivity index (χ0v) is 5.24. The van der Waals surface area contributed by atoms with Crippen molar-refractivity contribution >= 4 is 6.09 Å². The van der Waals surface area contributed by atoms with E-state index in [1.807, 2.05) is 5.32 Å². The van der Waals surface area contributed by atoms with Gasteiger partial charge in [0.25, 0.3) is 0 Å². The van der Waals surface area contributed by atoms with Gasteiger partial charge in [-0.25, -0.2) is 4.79 Å². The van der Waals surface area contributed by atoms with Gasteiger partial charge in [0.15, 0.2) is 0 Å². The van der Waals surface area contributed by atoms with E-state index in [4.69, 9.17) is 15.5 Å². The maximum Gasteiger partial charge on any atom is 0.404 e. The third-order valence-corrected chi connectivity index (χ3v) is 0.886. The van der Waals surface area contributed by atoms with Gasteiger partial charge in [-0.05, 0) is 0 Å². The molecular weight excluding hydrogens is 136 g/mol. The Morgan fingerprint density at radius 1 is 1.80 bits per heavy atom. The molecule has 10 heavy (non-hydrogen) atoms. The predicted molar refractivity (Wildman–Crippen MR) is 32.3 cm³/mol. The third-order valence-electron chi connectivity index (χ3n) is 0.886. The Morgan fingerprint density at radius 2 is 2.40 bits per heavy atom. The van der Waals surface area contributed by atoms with Crippen LogP contribution in [0.15, 0.2) is 0 Å². The van der Waals surface area contributed by atoms with Crippen LogP contribution in [0.25, 0.3) is 0 Å². The molecule has 0 fully saturated rings. The molecule has 1 unspecified atom stereocenters. The molecule has 5 nitrogen and oxygen atoms in total. The first-order valence-corrected chi connectivity index (χ1v) is 2.68. The van der Waals surface area contributed by atoms with Crippen molar-refractivity contribution in [2.75, 3.05) is 6.61 Å². The van der Waals surface area contributed by atoms with Crippen LogP contribution in [0.1, 0.15) is 6.42 Å². The van der Waals surface area contributed by atoms with Gasteiger partial charge in [-0.3, -0.25) is 0 Å². The Bertz CT molecular complexity index is 151. The van der Waals surface area contributed by atoms with E-state index in [0.29, 0.717) is 0 Å². The van der Waals surface area contributed by atoms with Gasteiger partial charge in [-0.2, -0.15) is 5.26 Å². The third kappa shape index (κ3) is 3.69. The van der Waals surface area contributed by atoms with Gasteiger partial charge < -0.3 is 15.5 Å². The standard InChI is InChI=1S/C5H8N2O3/c6-2-1-4(3-8)7-5(9)10/h4,7-8H,1,3H2,(H,9,10). The summed E-state index contributed by atoms with van der Waals surface area (Å²) in [5.74, 6) is 0. The van der Waals surface area contributed by atoms with Gasteiger partial charge in [-0.15, -0.1) is 0 Å². The smallest absolute Gasteiger partial charge is 0.404 e. The first-order chi connectivity index (χ1) is 4.70. The molecule has 0 spiro atoms. The zero-order chi connectivity index (χ0) is 7.98. The first kappa shape index (κ1) is 8.72. The van der Waals surface area contributed by atoms with Gasteiger partial charge in [0.1, 0.15) is 0 Å². The van der Waals surface area contributed by atoms with E-state index in [2.05, 4.69) is 0 Å². The number of nitriles is 1. The topological polar surface area (TPSA) is 93.4 Å². The molecule has 5 heteroatoms. The Kier molecular flexibility index (Phi) is 4.00. The van der Waals surface area contributed by atoms with E-state index < -0.39 is 12.1 Å². The maximum absolute atomic E-state index is 9.91. The van der Waals surface area contributed by atoms with Crippen molar-refractivity contribution < 1.29 is 15.0 Å². The quantitative estimate of drug-likeness (QED) is 0.499.